The smallest absolute Gasteiger partial charge is 0.354 e. The summed E-state index contributed by atoms with van der Waals surface area (Å²) >= 11 is 11.7. The number of carbonyl (C=O) groups excluding carboxylic acids is 1. The molecule has 134 valence electrons. The molecule has 9 heteroatoms. The average molecular weight is 385 g/mol. The first-order valence-corrected chi connectivity index (χ1v) is 8.60. The number of hydrogen-bond acceptors (Lipinski definition) is 4. The van der Waals surface area contributed by atoms with Gasteiger partial charge in [-0.25, -0.2) is 14.8 Å². The summed E-state index contributed by atoms with van der Waals surface area (Å²) in [5, 5.41) is 16.4. The fourth-order valence-corrected chi connectivity index (χ4v) is 2.73. The van der Waals surface area contributed by atoms with Crippen LogP contribution in [0, 0.1) is 0 Å². The van der Waals surface area contributed by atoms with E-state index in [1.54, 1.807) is 35.3 Å². The Morgan fingerprint density at radius 3 is 2.24 bits per heavy atom. The highest BCUT2D eigenvalue weighted by Crippen LogP contribution is 2.20. The lowest BCUT2D eigenvalue weighted by atomic mass is 10.2. The molecule has 2 aromatic rings. The first-order chi connectivity index (χ1) is 12.0. The molecule has 1 amide bonds. The molecule has 7 nitrogen and oxygen atoms in total. The summed E-state index contributed by atoms with van der Waals surface area (Å²) in [6, 6.07) is 10.0. The largest absolute Gasteiger partial charge is 0.477 e. The van der Waals surface area contributed by atoms with E-state index in [1.165, 1.54) is 22.8 Å². The van der Waals surface area contributed by atoms with Crippen LogP contribution in [0.5, 0.6) is 0 Å². The highest BCUT2D eigenvalue weighted by molar-refractivity contribution is 6.18. The Morgan fingerprint density at radius 1 is 1.16 bits per heavy atom. The second-order valence-electron chi connectivity index (χ2n) is 5.13. The van der Waals surface area contributed by atoms with E-state index in [2.05, 4.69) is 5.10 Å². The van der Waals surface area contributed by atoms with Crippen LogP contribution in [0.3, 0.4) is 0 Å². The number of anilines is 1. The van der Waals surface area contributed by atoms with Gasteiger partial charge in [0.05, 0.1) is 0 Å². The third-order valence-electron chi connectivity index (χ3n) is 3.48. The number of carbonyl (C=O) groups is 2. The minimum absolute atomic E-state index is 0.0300. The maximum Gasteiger partial charge on any atom is 0.354 e. The lowest BCUT2D eigenvalue weighted by Gasteiger charge is -2.32. The van der Waals surface area contributed by atoms with Crippen LogP contribution in [0.15, 0.2) is 36.4 Å². The number of carboxylic acids is 1. The van der Waals surface area contributed by atoms with Crippen molar-refractivity contribution in [2.45, 2.75) is 0 Å². The van der Waals surface area contributed by atoms with Crippen LogP contribution in [-0.2, 0) is 7.05 Å². The van der Waals surface area contributed by atoms with E-state index in [0.717, 1.165) is 0 Å². The van der Waals surface area contributed by atoms with E-state index >= 15 is 0 Å². The summed E-state index contributed by atoms with van der Waals surface area (Å²) in [5.41, 5.74) is 0.414. The maximum atomic E-state index is 13.0. The van der Waals surface area contributed by atoms with Gasteiger partial charge in [0.15, 0.2) is 5.82 Å². The predicted octanol–water partition coefficient (Wildman–Crippen LogP) is 2.46. The van der Waals surface area contributed by atoms with Gasteiger partial charge in [0.2, 0.25) is 0 Å². The predicted molar refractivity (Wildman–Crippen MR) is 96.4 cm³/mol. The molecule has 0 saturated heterocycles. The number of amides is 1. The van der Waals surface area contributed by atoms with Gasteiger partial charge in [0.25, 0.3) is 5.91 Å². The van der Waals surface area contributed by atoms with E-state index in [-0.39, 0.29) is 29.2 Å². The van der Waals surface area contributed by atoms with E-state index < -0.39 is 5.97 Å². The molecule has 2 rings (SSSR count). The van der Waals surface area contributed by atoms with Crippen molar-refractivity contribution in [3.8, 4) is 0 Å². The molecule has 0 atom stereocenters. The molecule has 0 saturated carbocycles. The van der Waals surface area contributed by atoms with Crippen LogP contribution in [0.25, 0.3) is 0 Å². The van der Waals surface area contributed by atoms with Gasteiger partial charge in [-0.15, -0.1) is 23.2 Å². The van der Waals surface area contributed by atoms with Crippen molar-refractivity contribution in [2.75, 3.05) is 29.9 Å². The number of rotatable bonds is 8. The zero-order valence-electron chi connectivity index (χ0n) is 13.6. The average Bonchev–Trinajstić information content (AvgIpc) is 2.98. The Balaban J connectivity index is 2.49. The molecule has 25 heavy (non-hydrogen) atoms. The molecule has 0 fully saturated rings. The zero-order valence-corrected chi connectivity index (χ0v) is 15.1. The van der Waals surface area contributed by atoms with E-state index in [0.29, 0.717) is 18.7 Å². The first kappa shape index (κ1) is 19.2. The van der Waals surface area contributed by atoms with Crippen LogP contribution < -0.4 is 5.01 Å². The van der Waals surface area contributed by atoms with Gasteiger partial charge in [-0.05, 0) is 12.1 Å². The Bertz CT molecular complexity index is 730. The summed E-state index contributed by atoms with van der Waals surface area (Å²) in [5.74, 6) is -0.730. The Kier molecular flexibility index (Phi) is 6.81. The number of aryl methyl sites for hydroxylation is 1. The summed E-state index contributed by atoms with van der Waals surface area (Å²) in [6.07, 6.45) is 0. The molecular weight excluding hydrogens is 367 g/mol. The highest BCUT2D eigenvalue weighted by atomic mass is 35.5. The van der Waals surface area contributed by atoms with Crippen LogP contribution in [0.4, 0.5) is 5.82 Å². The maximum absolute atomic E-state index is 13.0. The fraction of sp³-hybridized carbons (Fsp3) is 0.312. The number of benzene rings is 1. The number of alkyl halides is 2. The van der Waals surface area contributed by atoms with Crippen LogP contribution >= 0.6 is 23.2 Å². The second-order valence-corrected chi connectivity index (χ2v) is 5.89. The summed E-state index contributed by atoms with van der Waals surface area (Å²) in [7, 11) is 1.51. The minimum Gasteiger partial charge on any atom is -0.477 e. The molecule has 0 unspecified atom stereocenters. The fourth-order valence-electron chi connectivity index (χ4n) is 2.34. The Labute approximate surface area is 155 Å². The molecule has 0 aliphatic carbocycles. The summed E-state index contributed by atoms with van der Waals surface area (Å²) in [4.78, 5) is 24.3. The number of aromatic carboxylic acids is 1. The molecule has 1 N–H and O–H groups in total. The Hall–Kier alpha value is -2.09. The zero-order chi connectivity index (χ0) is 18.4. The normalized spacial score (nSPS) is 10.9. The SMILES string of the molecule is Cn1nc(N(C(=O)c2ccccc2)N(CCCl)CCCl)cc1C(=O)O. The van der Waals surface area contributed by atoms with Gasteiger partial charge in [0, 0.05) is 43.5 Å². The molecule has 1 heterocycles. The van der Waals surface area contributed by atoms with Crippen molar-refractivity contribution in [1.29, 1.82) is 0 Å². The number of aromatic nitrogens is 2. The lowest BCUT2D eigenvalue weighted by Crippen LogP contribution is -2.49. The molecule has 0 spiro atoms. The summed E-state index contributed by atoms with van der Waals surface area (Å²) in [6.45, 7) is 0.706. The monoisotopic (exact) mass is 384 g/mol. The van der Waals surface area contributed by atoms with E-state index in [4.69, 9.17) is 23.2 Å². The molecule has 0 aliphatic heterocycles. The highest BCUT2D eigenvalue weighted by Gasteiger charge is 2.28. The number of halogens is 2. The van der Waals surface area contributed by atoms with Gasteiger partial charge in [-0.3, -0.25) is 9.48 Å². The standard InChI is InChI=1S/C16H18Cl2N4O3/c1-20-13(16(24)25)11-14(19-20)22(21(9-7-17)10-8-18)15(23)12-5-3-2-4-6-12/h2-6,11H,7-10H2,1H3,(H,24,25). The van der Waals surface area contributed by atoms with Crippen LogP contribution in [0.1, 0.15) is 20.8 Å². The molecule has 1 aromatic carbocycles. The van der Waals surface area contributed by atoms with Crippen LogP contribution in [0.2, 0.25) is 0 Å². The molecule has 1 aromatic heterocycles. The van der Waals surface area contributed by atoms with Gasteiger partial charge >= 0.3 is 5.97 Å². The lowest BCUT2D eigenvalue weighted by molar-refractivity contribution is 0.0684. The number of nitrogens with zero attached hydrogens (tertiary/aromatic N) is 4. The number of hydrazine groups is 1. The third-order valence-corrected chi connectivity index (χ3v) is 3.82. The number of hydrogen-bond donors (Lipinski definition) is 1. The second kappa shape index (κ2) is 8.84. The Morgan fingerprint density at radius 2 is 1.76 bits per heavy atom. The molecule has 0 bridgehead atoms. The van der Waals surface area contributed by atoms with Gasteiger partial charge in [0.1, 0.15) is 5.69 Å². The van der Waals surface area contributed by atoms with Gasteiger partial charge < -0.3 is 5.11 Å². The molecule has 0 radical (unpaired) electrons. The third kappa shape index (κ3) is 4.50. The van der Waals surface area contributed by atoms with Crippen molar-refractivity contribution >= 4 is 40.9 Å². The van der Waals surface area contributed by atoms with E-state index in [9.17, 15) is 14.7 Å². The van der Waals surface area contributed by atoms with Crippen molar-refractivity contribution < 1.29 is 14.7 Å². The summed E-state index contributed by atoms with van der Waals surface area (Å²) < 4.78 is 1.21. The minimum atomic E-state index is -1.13. The van der Waals surface area contributed by atoms with Crippen molar-refractivity contribution in [3.63, 3.8) is 0 Å². The van der Waals surface area contributed by atoms with Crippen molar-refractivity contribution in [2.24, 2.45) is 7.05 Å². The first-order valence-electron chi connectivity index (χ1n) is 7.53. The van der Waals surface area contributed by atoms with Gasteiger partial charge in [-0.2, -0.15) is 5.10 Å². The van der Waals surface area contributed by atoms with Crippen molar-refractivity contribution in [1.82, 2.24) is 14.8 Å². The quantitative estimate of drug-likeness (QED) is 0.558. The molecule has 0 aliphatic rings. The van der Waals surface area contributed by atoms with Crippen molar-refractivity contribution in [3.05, 3.63) is 47.7 Å². The number of carboxylic acid groups (broad SMARTS) is 1. The van der Waals surface area contributed by atoms with Crippen LogP contribution in [-0.4, -0.2) is 56.6 Å². The molecular formula is C16H18Cl2N4O3. The van der Waals surface area contributed by atoms with Gasteiger partial charge in [-0.1, -0.05) is 18.2 Å². The van der Waals surface area contributed by atoms with E-state index in [1.807, 2.05) is 0 Å². The topological polar surface area (TPSA) is 78.7 Å².